The predicted octanol–water partition coefficient (Wildman–Crippen LogP) is 4.96. The molecule has 0 amide bonds. The summed E-state index contributed by atoms with van der Waals surface area (Å²) in [5.74, 6) is 0.518. The first-order chi connectivity index (χ1) is 15.4. The molecule has 0 saturated carbocycles. The number of aromatic nitrogens is 1. The van der Waals surface area contributed by atoms with Crippen LogP contribution in [0.5, 0.6) is 5.75 Å². The summed E-state index contributed by atoms with van der Waals surface area (Å²) in [6, 6.07) is 3.09. The van der Waals surface area contributed by atoms with Crippen LogP contribution in [-0.2, 0) is 0 Å². The Hall–Kier alpha value is -2.32. The molecule has 2 aliphatic rings. The molecule has 0 radical (unpaired) electrons. The minimum Gasteiger partial charge on any atom is -0.478 e. The van der Waals surface area contributed by atoms with Crippen molar-refractivity contribution in [2.45, 2.75) is 25.5 Å². The lowest BCUT2D eigenvalue weighted by molar-refractivity contribution is 0.227. The van der Waals surface area contributed by atoms with E-state index in [0.717, 1.165) is 37.0 Å². The summed E-state index contributed by atoms with van der Waals surface area (Å²) in [6.45, 7) is 4.61. The Labute approximate surface area is 194 Å². The van der Waals surface area contributed by atoms with Gasteiger partial charge in [-0.1, -0.05) is 29.3 Å². The summed E-state index contributed by atoms with van der Waals surface area (Å²) in [4.78, 5) is 4.33. The van der Waals surface area contributed by atoms with Crippen LogP contribution < -0.4 is 21.1 Å². The van der Waals surface area contributed by atoms with Gasteiger partial charge in [-0.2, -0.15) is 0 Å². The van der Waals surface area contributed by atoms with Gasteiger partial charge in [0.1, 0.15) is 11.9 Å². The van der Waals surface area contributed by atoms with E-state index in [1.807, 2.05) is 0 Å². The molecular formula is C23H23Cl2FN4O2. The highest BCUT2D eigenvalue weighted by Gasteiger charge is 2.30. The zero-order valence-electron chi connectivity index (χ0n) is 17.4. The van der Waals surface area contributed by atoms with Crippen molar-refractivity contribution in [2.24, 2.45) is 5.92 Å². The van der Waals surface area contributed by atoms with Crippen LogP contribution in [0, 0.1) is 11.7 Å². The van der Waals surface area contributed by atoms with Crippen LogP contribution >= 0.6 is 23.2 Å². The number of furan rings is 1. The number of benzene rings is 1. The van der Waals surface area contributed by atoms with E-state index in [1.54, 1.807) is 19.4 Å². The number of nitrogens with two attached hydrogens (primary N) is 1. The van der Waals surface area contributed by atoms with Gasteiger partial charge in [-0.3, -0.25) is 0 Å². The van der Waals surface area contributed by atoms with Crippen molar-refractivity contribution in [3.8, 4) is 5.75 Å². The molecular weight excluding hydrogens is 454 g/mol. The van der Waals surface area contributed by atoms with Gasteiger partial charge in [-0.15, -0.1) is 0 Å². The van der Waals surface area contributed by atoms with E-state index in [2.05, 4.69) is 21.7 Å². The zero-order chi connectivity index (χ0) is 22.4. The van der Waals surface area contributed by atoms with Crippen LogP contribution in [0.15, 0.2) is 35.1 Å². The number of rotatable bonds is 5. The molecule has 2 aliphatic heterocycles. The molecule has 1 saturated heterocycles. The topological polar surface area (TPSA) is 85.3 Å². The van der Waals surface area contributed by atoms with Crippen molar-refractivity contribution >= 4 is 45.6 Å². The normalized spacial score (nSPS) is 20.1. The standard InChI is InChI=1S/C23H23Cl2FN4O2/c1-11(19-16(24)2-3-17(26)20(19)25)32-22-21-14(9-30-23(22)27)15(10-31-21)12-4-5-29-18(6-12)13-7-28-8-13/h2-4,9-11,13,18,28-29H,5-8H2,1H3,(H2,27,30)/t11-,18?/m1/s1. The summed E-state index contributed by atoms with van der Waals surface area (Å²) in [6.07, 6.45) is 5.83. The van der Waals surface area contributed by atoms with Crippen LogP contribution in [0.4, 0.5) is 10.2 Å². The van der Waals surface area contributed by atoms with Crippen molar-refractivity contribution < 1.29 is 13.5 Å². The van der Waals surface area contributed by atoms with E-state index >= 15 is 0 Å². The fourth-order valence-corrected chi connectivity index (χ4v) is 5.05. The Morgan fingerprint density at radius 1 is 1.31 bits per heavy atom. The minimum atomic E-state index is -0.678. The lowest BCUT2D eigenvalue weighted by Gasteiger charge is -2.37. The number of pyridine rings is 1. The van der Waals surface area contributed by atoms with E-state index in [0.29, 0.717) is 28.1 Å². The largest absolute Gasteiger partial charge is 0.478 e. The third kappa shape index (κ3) is 3.73. The van der Waals surface area contributed by atoms with Crippen molar-refractivity contribution in [2.75, 3.05) is 25.4 Å². The fourth-order valence-electron chi connectivity index (χ4n) is 4.37. The number of nitrogens with one attached hydrogen (secondary N) is 2. The van der Waals surface area contributed by atoms with Gasteiger partial charge in [0, 0.05) is 48.0 Å². The molecule has 4 heterocycles. The number of nitrogen functional groups attached to an aromatic ring is 1. The lowest BCUT2D eigenvalue weighted by atomic mass is 9.85. The molecule has 32 heavy (non-hydrogen) atoms. The molecule has 2 atom stereocenters. The smallest absolute Gasteiger partial charge is 0.205 e. The summed E-state index contributed by atoms with van der Waals surface area (Å²) in [5.41, 5.74) is 9.15. The number of ether oxygens (including phenoxy) is 1. The summed E-state index contributed by atoms with van der Waals surface area (Å²) in [7, 11) is 0. The van der Waals surface area contributed by atoms with E-state index in [9.17, 15) is 4.39 Å². The molecule has 1 fully saturated rings. The molecule has 0 bridgehead atoms. The van der Waals surface area contributed by atoms with Crippen molar-refractivity contribution in [3.05, 3.63) is 57.7 Å². The van der Waals surface area contributed by atoms with Crippen molar-refractivity contribution in [1.82, 2.24) is 15.6 Å². The first-order valence-corrected chi connectivity index (χ1v) is 11.3. The second kappa shape index (κ2) is 8.56. The second-order valence-corrected chi connectivity index (χ2v) is 9.03. The van der Waals surface area contributed by atoms with Crippen LogP contribution in [0.25, 0.3) is 16.5 Å². The van der Waals surface area contributed by atoms with Crippen LogP contribution in [0.3, 0.4) is 0 Å². The molecule has 6 nitrogen and oxygen atoms in total. The Balaban J connectivity index is 1.48. The number of halogens is 3. The summed E-state index contributed by atoms with van der Waals surface area (Å²) in [5, 5.41) is 7.95. The maximum atomic E-state index is 14.0. The monoisotopic (exact) mass is 476 g/mol. The fraction of sp³-hybridized carbons (Fsp3) is 0.348. The molecule has 1 unspecified atom stereocenters. The van der Waals surface area contributed by atoms with Gasteiger partial charge >= 0.3 is 0 Å². The number of nitrogens with zero attached hydrogens (tertiary/aromatic N) is 1. The number of hydrogen-bond donors (Lipinski definition) is 3. The van der Waals surface area contributed by atoms with Gasteiger partial charge in [0.2, 0.25) is 5.75 Å². The Bertz CT molecular complexity index is 1210. The summed E-state index contributed by atoms with van der Waals surface area (Å²) < 4.78 is 26.0. The van der Waals surface area contributed by atoms with E-state index < -0.39 is 11.9 Å². The molecule has 9 heteroatoms. The van der Waals surface area contributed by atoms with Gasteiger partial charge in [0.25, 0.3) is 0 Å². The molecule has 4 N–H and O–H groups in total. The minimum absolute atomic E-state index is 0.0831. The Kier molecular flexibility index (Phi) is 5.75. The van der Waals surface area contributed by atoms with Gasteiger partial charge in [0.15, 0.2) is 11.4 Å². The van der Waals surface area contributed by atoms with Crippen LogP contribution in [0.2, 0.25) is 10.0 Å². The highest BCUT2D eigenvalue weighted by molar-refractivity contribution is 6.36. The van der Waals surface area contributed by atoms with Gasteiger partial charge < -0.3 is 25.5 Å². The first kappa shape index (κ1) is 21.5. The van der Waals surface area contributed by atoms with E-state index in [-0.39, 0.29) is 16.6 Å². The molecule has 168 valence electrons. The van der Waals surface area contributed by atoms with Gasteiger partial charge in [-0.05, 0) is 37.0 Å². The SMILES string of the molecule is C[C@@H](Oc1c(N)ncc2c(C3=CCNC(C4CNC4)C3)coc12)c1c(Cl)ccc(F)c1Cl. The first-order valence-electron chi connectivity index (χ1n) is 10.5. The predicted molar refractivity (Wildman–Crippen MR) is 125 cm³/mol. The van der Waals surface area contributed by atoms with Crippen LogP contribution in [-0.4, -0.2) is 30.7 Å². The molecule has 0 aliphatic carbocycles. The maximum Gasteiger partial charge on any atom is 0.205 e. The zero-order valence-corrected chi connectivity index (χ0v) is 18.9. The number of fused-ring (bicyclic) bond motifs is 1. The molecule has 1 aromatic carbocycles. The van der Waals surface area contributed by atoms with Crippen molar-refractivity contribution in [3.63, 3.8) is 0 Å². The molecule has 5 rings (SSSR count). The van der Waals surface area contributed by atoms with Crippen LogP contribution in [0.1, 0.15) is 30.6 Å². The van der Waals surface area contributed by atoms with Gasteiger partial charge in [0.05, 0.1) is 16.7 Å². The highest BCUT2D eigenvalue weighted by Crippen LogP contribution is 2.41. The third-order valence-electron chi connectivity index (χ3n) is 6.28. The molecule has 0 spiro atoms. The Morgan fingerprint density at radius 2 is 2.12 bits per heavy atom. The maximum absolute atomic E-state index is 14.0. The van der Waals surface area contributed by atoms with E-state index in [4.69, 9.17) is 38.1 Å². The molecule has 3 aromatic rings. The quantitative estimate of drug-likeness (QED) is 0.451. The number of anilines is 1. The Morgan fingerprint density at radius 3 is 2.88 bits per heavy atom. The van der Waals surface area contributed by atoms with E-state index in [1.165, 1.54) is 17.7 Å². The lowest BCUT2D eigenvalue weighted by Crippen LogP contribution is -2.54. The average Bonchev–Trinajstić information content (AvgIpc) is 3.16. The molecule has 2 aromatic heterocycles. The van der Waals surface area contributed by atoms with Crippen molar-refractivity contribution in [1.29, 1.82) is 0 Å². The average molecular weight is 477 g/mol. The second-order valence-electron chi connectivity index (χ2n) is 8.25. The highest BCUT2D eigenvalue weighted by atomic mass is 35.5. The third-order valence-corrected chi connectivity index (χ3v) is 6.99. The summed E-state index contributed by atoms with van der Waals surface area (Å²) >= 11 is 12.4. The number of hydrogen-bond acceptors (Lipinski definition) is 6. The van der Waals surface area contributed by atoms with Gasteiger partial charge in [-0.25, -0.2) is 9.37 Å².